The molecule has 2 rings (SSSR count). The van der Waals surface area contributed by atoms with Crippen molar-refractivity contribution in [3.05, 3.63) is 41.5 Å². The summed E-state index contributed by atoms with van der Waals surface area (Å²) in [5, 5.41) is 0.964. The Morgan fingerprint density at radius 3 is 1.96 bits per heavy atom. The van der Waals surface area contributed by atoms with Gasteiger partial charge in [0.25, 0.3) is 0 Å². The second-order valence-electron chi connectivity index (χ2n) is 6.00. The molecule has 0 aliphatic heterocycles. The molecule has 141 valence electrons. The number of hydrogen-bond acceptors (Lipinski definition) is 5. The summed E-state index contributed by atoms with van der Waals surface area (Å²) >= 11 is 0. The van der Waals surface area contributed by atoms with E-state index >= 15 is 0 Å². The first-order valence-electron chi connectivity index (χ1n) is 8.28. The van der Waals surface area contributed by atoms with Crippen LogP contribution >= 0.6 is 8.58 Å². The van der Waals surface area contributed by atoms with Gasteiger partial charge in [-0.05, 0) is 52.4 Å². The molecule has 5 nitrogen and oxygen atoms in total. The summed E-state index contributed by atoms with van der Waals surface area (Å²) in [5.41, 5.74) is 1.39. The van der Waals surface area contributed by atoms with Crippen LogP contribution in [0.25, 0.3) is 0 Å². The maximum absolute atomic E-state index is 13.0. The van der Waals surface area contributed by atoms with Crippen LogP contribution in [0.3, 0.4) is 0 Å². The fraction of sp³-hybridized carbons (Fsp3) is 0.350. The van der Waals surface area contributed by atoms with E-state index in [1.807, 2.05) is 39.0 Å². The number of methoxy groups -OCH3 is 3. The molecule has 7 heteroatoms. The van der Waals surface area contributed by atoms with Crippen LogP contribution in [0.15, 0.2) is 30.3 Å². The van der Waals surface area contributed by atoms with Gasteiger partial charge in [-0.3, -0.25) is 4.79 Å². The molecule has 1 atom stereocenters. The molecule has 27 heavy (non-hydrogen) atoms. The van der Waals surface area contributed by atoms with Crippen molar-refractivity contribution in [3.8, 4) is 23.0 Å². The van der Waals surface area contributed by atoms with Gasteiger partial charge >= 0.3 is 0 Å². The normalized spacial score (nSPS) is 10.6. The third-order valence-corrected chi connectivity index (χ3v) is 5.07. The zero-order chi connectivity index (χ0) is 19.3. The Bertz CT molecular complexity index is 767. The van der Waals surface area contributed by atoms with Crippen LogP contribution in [0, 0.1) is 6.92 Å². The predicted molar refractivity (Wildman–Crippen MR) is 111 cm³/mol. The molecule has 0 aromatic heterocycles. The molecule has 0 bridgehead atoms. The summed E-state index contributed by atoms with van der Waals surface area (Å²) in [7, 11) is 4.56. The molecule has 0 amide bonds. The number of ether oxygens (including phenoxy) is 4. The van der Waals surface area contributed by atoms with Crippen molar-refractivity contribution in [2.45, 2.75) is 26.9 Å². The van der Waals surface area contributed by atoms with Crippen LogP contribution in [-0.2, 0) is 0 Å². The van der Waals surface area contributed by atoms with Gasteiger partial charge in [-0.15, -0.1) is 0 Å². The van der Waals surface area contributed by atoms with Crippen LogP contribution in [0.5, 0.6) is 23.0 Å². The molecular formula is C20H25LiO5P. The molecule has 0 aliphatic rings. The SMILES string of the molecule is COc1cc(OC)c(C(=O)Pc2ccc(OC(C)C)cc2C)c(OC)c1.[Li]. The molecule has 0 N–H and O–H groups in total. The van der Waals surface area contributed by atoms with Crippen molar-refractivity contribution in [2.75, 3.05) is 21.3 Å². The van der Waals surface area contributed by atoms with Gasteiger partial charge in [0.1, 0.15) is 28.6 Å². The third kappa shape index (κ3) is 5.91. The van der Waals surface area contributed by atoms with Gasteiger partial charge in [0, 0.05) is 31.0 Å². The van der Waals surface area contributed by atoms with Crippen LogP contribution in [0.4, 0.5) is 0 Å². The maximum Gasteiger partial charge on any atom is 0.193 e. The fourth-order valence-electron chi connectivity index (χ4n) is 2.54. The van der Waals surface area contributed by atoms with Crippen molar-refractivity contribution >= 4 is 38.3 Å². The molecular weight excluding hydrogens is 358 g/mol. The van der Waals surface area contributed by atoms with Crippen molar-refractivity contribution in [1.29, 1.82) is 0 Å². The van der Waals surface area contributed by atoms with Crippen molar-refractivity contribution in [2.24, 2.45) is 0 Å². The number of aryl methyl sites for hydroxylation is 1. The van der Waals surface area contributed by atoms with Gasteiger partial charge < -0.3 is 18.9 Å². The summed E-state index contributed by atoms with van der Waals surface area (Å²) in [4.78, 5) is 13.0. The quantitative estimate of drug-likeness (QED) is 0.515. The monoisotopic (exact) mass is 383 g/mol. The topological polar surface area (TPSA) is 54.0 Å². The first-order chi connectivity index (χ1) is 12.4. The van der Waals surface area contributed by atoms with E-state index < -0.39 is 0 Å². The average molecular weight is 383 g/mol. The van der Waals surface area contributed by atoms with Gasteiger partial charge in [-0.25, -0.2) is 0 Å². The number of carbonyl (C=O) groups excluding carboxylic acids is 1. The Morgan fingerprint density at radius 2 is 1.52 bits per heavy atom. The van der Waals surface area contributed by atoms with E-state index in [0.29, 0.717) is 22.8 Å². The maximum atomic E-state index is 13.0. The summed E-state index contributed by atoms with van der Waals surface area (Å²) in [6.45, 7) is 5.94. The Labute approximate surface area is 174 Å². The molecule has 0 aliphatic carbocycles. The standard InChI is InChI=1S/C20H25O5P.Li/c1-12(2)25-14-7-8-18(13(3)9-14)26-20(21)19-16(23-5)10-15(22-4)11-17(19)24-6;/h7-12,26H,1-6H3;. The van der Waals surface area contributed by atoms with Gasteiger partial charge in [0.05, 0.1) is 27.4 Å². The molecule has 1 radical (unpaired) electrons. The molecule has 0 saturated heterocycles. The minimum Gasteiger partial charge on any atom is -0.496 e. The van der Waals surface area contributed by atoms with Gasteiger partial charge in [-0.1, -0.05) is 6.07 Å². The van der Waals surface area contributed by atoms with Crippen molar-refractivity contribution in [1.82, 2.24) is 0 Å². The molecule has 1 unspecified atom stereocenters. The summed E-state index contributed by atoms with van der Waals surface area (Å²) in [6, 6.07) is 9.16. The average Bonchev–Trinajstić information content (AvgIpc) is 2.62. The third-order valence-electron chi connectivity index (χ3n) is 3.76. The van der Waals surface area contributed by atoms with Crippen molar-refractivity contribution < 1.29 is 23.7 Å². The van der Waals surface area contributed by atoms with Crippen LogP contribution in [0.2, 0.25) is 0 Å². The zero-order valence-electron chi connectivity index (χ0n) is 17.0. The largest absolute Gasteiger partial charge is 0.496 e. The van der Waals surface area contributed by atoms with Crippen LogP contribution in [-0.4, -0.2) is 51.8 Å². The second-order valence-corrected chi connectivity index (χ2v) is 7.25. The van der Waals surface area contributed by atoms with E-state index in [9.17, 15) is 4.79 Å². The van der Waals surface area contributed by atoms with E-state index in [1.54, 1.807) is 19.2 Å². The Balaban J connectivity index is 0.00000364. The second kappa shape index (κ2) is 10.6. The predicted octanol–water partition coefficient (Wildman–Crippen LogP) is 3.57. The van der Waals surface area contributed by atoms with Crippen LogP contribution in [0.1, 0.15) is 29.8 Å². The molecule has 2 aromatic carbocycles. The Hall–Kier alpha value is -1.66. The number of benzene rings is 2. The summed E-state index contributed by atoms with van der Waals surface area (Å²) in [5.74, 6) is 2.26. The first kappa shape index (κ1) is 23.4. The fourth-order valence-corrected chi connectivity index (χ4v) is 3.59. The van der Waals surface area contributed by atoms with E-state index in [1.165, 1.54) is 14.2 Å². The number of rotatable bonds is 8. The minimum absolute atomic E-state index is 0. The van der Waals surface area contributed by atoms with E-state index in [-0.39, 0.29) is 39.1 Å². The van der Waals surface area contributed by atoms with Gasteiger partial charge in [-0.2, -0.15) is 0 Å². The minimum atomic E-state index is -0.0537. The molecule has 0 saturated carbocycles. The van der Waals surface area contributed by atoms with E-state index in [4.69, 9.17) is 18.9 Å². The molecule has 0 heterocycles. The zero-order valence-corrected chi connectivity index (χ0v) is 18.0. The number of carbonyl (C=O) groups is 1. The van der Waals surface area contributed by atoms with Crippen molar-refractivity contribution in [3.63, 3.8) is 0 Å². The Morgan fingerprint density at radius 1 is 0.926 bits per heavy atom. The van der Waals surface area contributed by atoms with Crippen LogP contribution < -0.4 is 24.3 Å². The first-order valence-corrected chi connectivity index (χ1v) is 9.28. The summed E-state index contributed by atoms with van der Waals surface area (Å²) in [6.07, 6.45) is 0.108. The van der Waals surface area contributed by atoms with Gasteiger partial charge in [0.15, 0.2) is 5.52 Å². The van der Waals surface area contributed by atoms with Gasteiger partial charge in [0.2, 0.25) is 0 Å². The molecule has 2 aromatic rings. The smallest absolute Gasteiger partial charge is 0.193 e. The number of hydrogen-bond donors (Lipinski definition) is 0. The molecule has 0 fully saturated rings. The van der Waals surface area contributed by atoms with E-state index in [0.717, 1.165) is 16.6 Å². The summed E-state index contributed by atoms with van der Waals surface area (Å²) < 4.78 is 21.7. The Kier molecular flexibility index (Phi) is 9.19. The van der Waals surface area contributed by atoms with E-state index in [2.05, 4.69) is 0 Å². The molecule has 0 spiro atoms.